The summed E-state index contributed by atoms with van der Waals surface area (Å²) in [6.45, 7) is 1.90. The van der Waals surface area contributed by atoms with E-state index in [-0.39, 0.29) is 11.8 Å². The van der Waals surface area contributed by atoms with Gasteiger partial charge in [-0.25, -0.2) is 12.7 Å². The number of alkyl halides is 1. The lowest BCUT2D eigenvalue weighted by atomic mass is 10.0. The summed E-state index contributed by atoms with van der Waals surface area (Å²) in [7, 11) is -1.87. The molecule has 0 saturated carbocycles. The van der Waals surface area contributed by atoms with Crippen LogP contribution in [0.25, 0.3) is 0 Å². The highest BCUT2D eigenvalue weighted by Crippen LogP contribution is 2.23. The molecule has 0 bridgehead atoms. The van der Waals surface area contributed by atoms with Gasteiger partial charge in [-0.15, -0.1) is 11.6 Å². The number of rotatable bonds is 5. The molecule has 1 aliphatic rings. The van der Waals surface area contributed by atoms with E-state index in [1.165, 1.54) is 4.31 Å². The minimum absolute atomic E-state index is 0.190. The monoisotopic (exact) mass is 317 g/mol. The second-order valence-electron chi connectivity index (χ2n) is 5.11. The van der Waals surface area contributed by atoms with Crippen molar-refractivity contribution in [2.45, 2.75) is 23.6 Å². The zero-order valence-corrected chi connectivity index (χ0v) is 13.2. The molecule has 1 unspecified atom stereocenters. The fraction of sp³-hybridized carbons (Fsp3) is 0.571. The summed E-state index contributed by atoms with van der Waals surface area (Å²) in [4.78, 5) is 0.300. The lowest BCUT2D eigenvalue weighted by Gasteiger charge is -2.27. The van der Waals surface area contributed by atoms with Gasteiger partial charge in [-0.2, -0.15) is 0 Å². The van der Waals surface area contributed by atoms with Gasteiger partial charge < -0.3 is 4.74 Å². The molecule has 1 aromatic carbocycles. The van der Waals surface area contributed by atoms with Crippen molar-refractivity contribution in [1.29, 1.82) is 0 Å². The van der Waals surface area contributed by atoms with Crippen LogP contribution in [0.15, 0.2) is 29.2 Å². The molecular weight excluding hydrogens is 298 g/mol. The van der Waals surface area contributed by atoms with Gasteiger partial charge in [0.1, 0.15) is 0 Å². The standard InChI is InChI=1S/C14H20ClNO3S/c1-16(10-12-5-4-8-19-11-12)20(17,18)14-7-3-2-6-13(14)9-15/h2-3,6-7,12H,4-5,8-11H2,1H3. The maximum atomic E-state index is 12.6. The van der Waals surface area contributed by atoms with E-state index in [0.29, 0.717) is 23.6 Å². The Hall–Kier alpha value is -0.620. The first-order valence-electron chi connectivity index (χ1n) is 6.73. The van der Waals surface area contributed by atoms with Gasteiger partial charge >= 0.3 is 0 Å². The molecule has 0 radical (unpaired) electrons. The highest BCUT2D eigenvalue weighted by molar-refractivity contribution is 7.89. The van der Waals surface area contributed by atoms with Gasteiger partial charge in [0.25, 0.3) is 0 Å². The van der Waals surface area contributed by atoms with E-state index in [2.05, 4.69) is 0 Å². The van der Waals surface area contributed by atoms with Gasteiger partial charge in [0.05, 0.1) is 11.5 Å². The largest absolute Gasteiger partial charge is 0.381 e. The van der Waals surface area contributed by atoms with E-state index in [4.69, 9.17) is 16.3 Å². The van der Waals surface area contributed by atoms with Crippen LogP contribution in [-0.4, -0.2) is 39.5 Å². The van der Waals surface area contributed by atoms with Crippen LogP contribution in [-0.2, 0) is 20.6 Å². The van der Waals surface area contributed by atoms with Crippen molar-refractivity contribution in [3.05, 3.63) is 29.8 Å². The molecule has 112 valence electrons. The van der Waals surface area contributed by atoms with E-state index < -0.39 is 10.0 Å². The van der Waals surface area contributed by atoms with Crippen LogP contribution in [0.1, 0.15) is 18.4 Å². The Bertz CT molecular complexity index is 541. The van der Waals surface area contributed by atoms with Crippen molar-refractivity contribution in [2.75, 3.05) is 26.8 Å². The quantitative estimate of drug-likeness (QED) is 0.784. The average Bonchev–Trinajstić information content (AvgIpc) is 2.48. The molecule has 1 aromatic rings. The molecule has 6 heteroatoms. The number of sulfonamides is 1. The first-order chi connectivity index (χ1) is 9.55. The Morgan fingerprint density at radius 1 is 1.40 bits per heavy atom. The molecule has 1 heterocycles. The summed E-state index contributed by atoms with van der Waals surface area (Å²) in [5.41, 5.74) is 0.640. The first-order valence-corrected chi connectivity index (χ1v) is 8.71. The predicted molar refractivity (Wildman–Crippen MR) is 79.4 cm³/mol. The molecule has 0 aliphatic carbocycles. The molecule has 2 rings (SSSR count). The Balaban J connectivity index is 2.16. The zero-order chi connectivity index (χ0) is 14.6. The van der Waals surface area contributed by atoms with Crippen LogP contribution in [0.4, 0.5) is 0 Å². The van der Waals surface area contributed by atoms with Gasteiger partial charge in [-0.1, -0.05) is 18.2 Å². The number of halogens is 1. The van der Waals surface area contributed by atoms with Crippen molar-refractivity contribution in [3.63, 3.8) is 0 Å². The van der Waals surface area contributed by atoms with Gasteiger partial charge in [-0.3, -0.25) is 0 Å². The van der Waals surface area contributed by atoms with Gasteiger partial charge in [-0.05, 0) is 30.4 Å². The van der Waals surface area contributed by atoms with E-state index in [1.54, 1.807) is 31.3 Å². The Labute approximate surface area is 125 Å². The number of ether oxygens (including phenoxy) is 1. The van der Waals surface area contributed by atoms with E-state index in [1.807, 2.05) is 0 Å². The molecule has 1 fully saturated rings. The molecule has 1 saturated heterocycles. The maximum absolute atomic E-state index is 12.6. The van der Waals surface area contributed by atoms with Gasteiger partial charge in [0, 0.05) is 26.1 Å². The SMILES string of the molecule is CN(CC1CCCOC1)S(=O)(=O)c1ccccc1CCl. The highest BCUT2D eigenvalue weighted by atomic mass is 35.5. The minimum atomic E-state index is -3.49. The van der Waals surface area contributed by atoms with Crippen molar-refractivity contribution in [1.82, 2.24) is 4.31 Å². The van der Waals surface area contributed by atoms with E-state index in [0.717, 1.165) is 19.4 Å². The van der Waals surface area contributed by atoms with Gasteiger partial charge in [0.15, 0.2) is 0 Å². The topological polar surface area (TPSA) is 46.6 Å². The van der Waals surface area contributed by atoms with Crippen LogP contribution in [0.5, 0.6) is 0 Å². The van der Waals surface area contributed by atoms with Crippen LogP contribution >= 0.6 is 11.6 Å². The zero-order valence-electron chi connectivity index (χ0n) is 11.6. The fourth-order valence-corrected chi connectivity index (χ4v) is 4.22. The summed E-state index contributed by atoms with van der Waals surface area (Å²) in [6, 6.07) is 6.88. The summed E-state index contributed by atoms with van der Waals surface area (Å²) in [6.07, 6.45) is 2.01. The maximum Gasteiger partial charge on any atom is 0.243 e. The number of hydrogen-bond acceptors (Lipinski definition) is 3. The van der Waals surface area contributed by atoms with Crippen molar-refractivity contribution < 1.29 is 13.2 Å². The first kappa shape index (κ1) is 15.8. The van der Waals surface area contributed by atoms with Crippen molar-refractivity contribution in [2.24, 2.45) is 5.92 Å². The molecule has 0 amide bonds. The van der Waals surface area contributed by atoms with Crippen LogP contribution in [0, 0.1) is 5.92 Å². The van der Waals surface area contributed by atoms with Gasteiger partial charge in [0.2, 0.25) is 10.0 Å². The summed E-state index contributed by atoms with van der Waals surface area (Å²) in [5, 5.41) is 0. The lowest BCUT2D eigenvalue weighted by molar-refractivity contribution is 0.0495. The Morgan fingerprint density at radius 2 is 2.15 bits per heavy atom. The summed E-state index contributed by atoms with van der Waals surface area (Å²) in [5.74, 6) is 0.460. The third kappa shape index (κ3) is 3.52. The van der Waals surface area contributed by atoms with Crippen molar-refractivity contribution in [3.8, 4) is 0 Å². The third-order valence-electron chi connectivity index (χ3n) is 3.57. The molecule has 0 N–H and O–H groups in total. The average molecular weight is 318 g/mol. The number of hydrogen-bond donors (Lipinski definition) is 0. The molecule has 0 aromatic heterocycles. The smallest absolute Gasteiger partial charge is 0.243 e. The number of nitrogens with zero attached hydrogens (tertiary/aromatic N) is 1. The predicted octanol–water partition coefficient (Wildman–Crippen LogP) is 2.47. The van der Waals surface area contributed by atoms with E-state index >= 15 is 0 Å². The van der Waals surface area contributed by atoms with Crippen molar-refractivity contribution >= 4 is 21.6 Å². The highest BCUT2D eigenvalue weighted by Gasteiger charge is 2.26. The van der Waals surface area contributed by atoms with Crippen LogP contribution < -0.4 is 0 Å². The normalized spacial score (nSPS) is 20.2. The van der Waals surface area contributed by atoms with Crippen LogP contribution in [0.3, 0.4) is 0 Å². The third-order valence-corrected chi connectivity index (χ3v) is 5.79. The summed E-state index contributed by atoms with van der Waals surface area (Å²) < 4.78 is 32.0. The van der Waals surface area contributed by atoms with E-state index in [9.17, 15) is 8.42 Å². The molecular formula is C14H20ClNO3S. The second kappa shape index (κ2) is 6.89. The minimum Gasteiger partial charge on any atom is -0.381 e. The molecule has 20 heavy (non-hydrogen) atoms. The Kier molecular flexibility index (Phi) is 5.43. The fourth-order valence-electron chi connectivity index (χ4n) is 2.45. The molecule has 1 aliphatic heterocycles. The summed E-state index contributed by atoms with van der Waals surface area (Å²) >= 11 is 5.83. The number of benzene rings is 1. The lowest BCUT2D eigenvalue weighted by Crippen LogP contribution is -2.35. The molecule has 0 spiro atoms. The Morgan fingerprint density at radius 3 is 2.80 bits per heavy atom. The molecule has 1 atom stereocenters. The molecule has 4 nitrogen and oxygen atoms in total. The van der Waals surface area contributed by atoms with Crippen LogP contribution in [0.2, 0.25) is 0 Å². The second-order valence-corrected chi connectivity index (χ2v) is 7.39.